The summed E-state index contributed by atoms with van der Waals surface area (Å²) in [4.78, 5) is 11.6. The van der Waals surface area contributed by atoms with Crippen LogP contribution in [0.25, 0.3) is 6.08 Å². The van der Waals surface area contributed by atoms with E-state index in [-0.39, 0.29) is 24.7 Å². The fraction of sp³-hybridized carbons (Fsp3) is 0.188. The molecule has 2 N–H and O–H groups in total. The average molecular weight is 289 g/mol. The molecule has 2 aromatic rings. The Hall–Kier alpha value is -2.40. The van der Waals surface area contributed by atoms with Gasteiger partial charge in [-0.2, -0.15) is 0 Å². The molecule has 0 fully saturated rings. The summed E-state index contributed by atoms with van der Waals surface area (Å²) in [6, 6.07) is 9.41. The van der Waals surface area contributed by atoms with Crippen LogP contribution in [0.5, 0.6) is 0 Å². The number of amides is 1. The van der Waals surface area contributed by atoms with E-state index in [1.165, 1.54) is 18.4 Å². The molecule has 0 aliphatic heterocycles. The minimum Gasteiger partial charge on any atom is -0.467 e. The maximum Gasteiger partial charge on any atom is 0.223 e. The van der Waals surface area contributed by atoms with Crippen molar-refractivity contribution in [2.45, 2.75) is 12.5 Å². The zero-order chi connectivity index (χ0) is 15.1. The van der Waals surface area contributed by atoms with Crippen LogP contribution in [-0.2, 0) is 4.79 Å². The van der Waals surface area contributed by atoms with Gasteiger partial charge in [-0.1, -0.05) is 24.3 Å². The lowest BCUT2D eigenvalue weighted by molar-refractivity contribution is -0.120. The molecular weight excluding hydrogens is 273 g/mol. The molecule has 0 spiro atoms. The SMILES string of the molecule is O=C(C/C=C/c1cccc(F)c1)NCC(O)c1ccco1. The van der Waals surface area contributed by atoms with Gasteiger partial charge < -0.3 is 14.8 Å². The zero-order valence-electron chi connectivity index (χ0n) is 11.3. The molecule has 0 radical (unpaired) electrons. The highest BCUT2D eigenvalue weighted by atomic mass is 19.1. The van der Waals surface area contributed by atoms with E-state index in [1.54, 1.807) is 36.4 Å². The molecule has 1 aromatic heterocycles. The Kier molecular flexibility index (Phi) is 5.29. The van der Waals surface area contributed by atoms with Crippen molar-refractivity contribution in [1.82, 2.24) is 5.32 Å². The highest BCUT2D eigenvalue weighted by Gasteiger charge is 2.10. The quantitative estimate of drug-likeness (QED) is 0.859. The van der Waals surface area contributed by atoms with Crippen LogP contribution < -0.4 is 5.32 Å². The predicted octanol–water partition coefficient (Wildman–Crippen LogP) is 2.67. The number of rotatable bonds is 6. The molecule has 21 heavy (non-hydrogen) atoms. The van der Waals surface area contributed by atoms with Crippen LogP contribution >= 0.6 is 0 Å². The summed E-state index contributed by atoms with van der Waals surface area (Å²) in [6.07, 6.45) is 4.06. The van der Waals surface area contributed by atoms with Crippen LogP contribution in [0, 0.1) is 5.82 Å². The van der Waals surface area contributed by atoms with Gasteiger partial charge in [0.05, 0.1) is 12.8 Å². The number of hydrogen-bond acceptors (Lipinski definition) is 3. The summed E-state index contributed by atoms with van der Waals surface area (Å²) in [5, 5.41) is 12.3. The molecule has 4 nitrogen and oxygen atoms in total. The molecule has 5 heteroatoms. The van der Waals surface area contributed by atoms with Gasteiger partial charge in [-0.3, -0.25) is 4.79 Å². The summed E-state index contributed by atoms with van der Waals surface area (Å²) in [7, 11) is 0. The lowest BCUT2D eigenvalue weighted by Gasteiger charge is -2.08. The summed E-state index contributed by atoms with van der Waals surface area (Å²) in [5.41, 5.74) is 0.693. The molecule has 1 atom stereocenters. The third-order valence-electron chi connectivity index (χ3n) is 2.83. The summed E-state index contributed by atoms with van der Waals surface area (Å²) >= 11 is 0. The van der Waals surface area contributed by atoms with Gasteiger partial charge in [0.2, 0.25) is 5.91 Å². The first kappa shape index (κ1) is 15.0. The van der Waals surface area contributed by atoms with E-state index in [2.05, 4.69) is 5.32 Å². The van der Waals surface area contributed by atoms with E-state index in [9.17, 15) is 14.3 Å². The van der Waals surface area contributed by atoms with Crippen LogP contribution in [0.1, 0.15) is 23.8 Å². The monoisotopic (exact) mass is 289 g/mol. The van der Waals surface area contributed by atoms with Gasteiger partial charge in [0.1, 0.15) is 17.7 Å². The Morgan fingerprint density at radius 2 is 2.24 bits per heavy atom. The average Bonchev–Trinajstić information content (AvgIpc) is 2.99. The number of furan rings is 1. The second-order valence-corrected chi connectivity index (χ2v) is 4.50. The fourth-order valence-electron chi connectivity index (χ4n) is 1.78. The zero-order valence-corrected chi connectivity index (χ0v) is 11.3. The second kappa shape index (κ2) is 7.40. The summed E-state index contributed by atoms with van der Waals surface area (Å²) in [5.74, 6) is -0.137. The standard InChI is InChI=1S/C16H16FNO3/c17-13-6-1-4-12(10-13)5-2-8-16(20)18-11-14(19)15-7-3-9-21-15/h1-7,9-10,14,19H,8,11H2,(H,18,20)/b5-2+. The van der Waals surface area contributed by atoms with Crippen molar-refractivity contribution >= 4 is 12.0 Å². The number of carbonyl (C=O) groups excluding carboxylic acids is 1. The largest absolute Gasteiger partial charge is 0.467 e. The van der Waals surface area contributed by atoms with Gasteiger partial charge in [-0.15, -0.1) is 0 Å². The van der Waals surface area contributed by atoms with Crippen LogP contribution in [0.15, 0.2) is 53.2 Å². The van der Waals surface area contributed by atoms with Gasteiger partial charge in [-0.05, 0) is 29.8 Å². The molecular formula is C16H16FNO3. The van der Waals surface area contributed by atoms with Crippen molar-refractivity contribution in [2.24, 2.45) is 0 Å². The number of aliphatic hydroxyl groups is 1. The van der Waals surface area contributed by atoms with E-state index >= 15 is 0 Å². The van der Waals surface area contributed by atoms with E-state index < -0.39 is 6.10 Å². The number of nitrogens with one attached hydrogen (secondary N) is 1. The highest BCUT2D eigenvalue weighted by molar-refractivity contribution is 5.78. The molecule has 1 heterocycles. The smallest absolute Gasteiger partial charge is 0.223 e. The lowest BCUT2D eigenvalue weighted by Crippen LogP contribution is -2.27. The molecule has 1 unspecified atom stereocenters. The summed E-state index contributed by atoms with van der Waals surface area (Å²) < 4.78 is 18.0. The molecule has 110 valence electrons. The van der Waals surface area contributed by atoms with E-state index in [0.29, 0.717) is 11.3 Å². The van der Waals surface area contributed by atoms with Crippen molar-refractivity contribution in [1.29, 1.82) is 0 Å². The van der Waals surface area contributed by atoms with Gasteiger partial charge in [0.15, 0.2) is 0 Å². The minimum absolute atomic E-state index is 0.0835. The van der Waals surface area contributed by atoms with E-state index in [0.717, 1.165) is 0 Å². The number of benzene rings is 1. The third kappa shape index (κ3) is 4.89. The predicted molar refractivity (Wildman–Crippen MR) is 76.7 cm³/mol. The first-order valence-corrected chi connectivity index (χ1v) is 6.55. The fourth-order valence-corrected chi connectivity index (χ4v) is 1.78. The van der Waals surface area contributed by atoms with Crippen LogP contribution in [-0.4, -0.2) is 17.6 Å². The Balaban J connectivity index is 1.75. The van der Waals surface area contributed by atoms with Crippen molar-refractivity contribution in [2.75, 3.05) is 6.54 Å². The molecule has 1 aromatic carbocycles. The first-order valence-electron chi connectivity index (χ1n) is 6.55. The Morgan fingerprint density at radius 3 is 2.95 bits per heavy atom. The molecule has 0 saturated heterocycles. The number of aliphatic hydroxyl groups excluding tert-OH is 1. The highest BCUT2D eigenvalue weighted by Crippen LogP contribution is 2.11. The first-order chi connectivity index (χ1) is 10.1. The number of hydrogen-bond donors (Lipinski definition) is 2. The van der Waals surface area contributed by atoms with E-state index in [4.69, 9.17) is 4.42 Å². The maximum absolute atomic E-state index is 12.9. The molecule has 0 aliphatic carbocycles. The van der Waals surface area contributed by atoms with Gasteiger partial charge in [0, 0.05) is 6.42 Å². The van der Waals surface area contributed by atoms with Gasteiger partial charge in [0.25, 0.3) is 0 Å². The second-order valence-electron chi connectivity index (χ2n) is 4.50. The van der Waals surface area contributed by atoms with Crippen molar-refractivity contribution in [3.05, 3.63) is 65.9 Å². The Labute approximate surface area is 121 Å². The normalized spacial score (nSPS) is 12.5. The van der Waals surface area contributed by atoms with E-state index in [1.807, 2.05) is 0 Å². The lowest BCUT2D eigenvalue weighted by atomic mass is 10.2. The molecule has 1 amide bonds. The molecule has 0 aliphatic rings. The van der Waals surface area contributed by atoms with Crippen LogP contribution in [0.2, 0.25) is 0 Å². The molecule has 0 bridgehead atoms. The number of halogens is 1. The maximum atomic E-state index is 12.9. The van der Waals surface area contributed by atoms with Gasteiger partial charge >= 0.3 is 0 Å². The van der Waals surface area contributed by atoms with Crippen molar-refractivity contribution in [3.8, 4) is 0 Å². The van der Waals surface area contributed by atoms with Crippen LogP contribution in [0.3, 0.4) is 0 Å². The number of carbonyl (C=O) groups is 1. The Bertz CT molecular complexity index is 608. The molecule has 0 saturated carbocycles. The van der Waals surface area contributed by atoms with Gasteiger partial charge in [-0.25, -0.2) is 4.39 Å². The van der Waals surface area contributed by atoms with Crippen molar-refractivity contribution in [3.63, 3.8) is 0 Å². The molecule has 2 rings (SSSR count). The Morgan fingerprint density at radius 1 is 1.38 bits per heavy atom. The van der Waals surface area contributed by atoms with Crippen molar-refractivity contribution < 1.29 is 18.7 Å². The topological polar surface area (TPSA) is 62.5 Å². The summed E-state index contributed by atoms with van der Waals surface area (Å²) in [6.45, 7) is 0.0835. The minimum atomic E-state index is -0.865. The van der Waals surface area contributed by atoms with Crippen LogP contribution in [0.4, 0.5) is 4.39 Å². The third-order valence-corrected chi connectivity index (χ3v) is 2.83.